The summed E-state index contributed by atoms with van der Waals surface area (Å²) in [5.74, 6) is -1.61. The maximum Gasteiger partial charge on any atom is 0.261 e. The number of amides is 4. The number of rotatable bonds is 1. The van der Waals surface area contributed by atoms with E-state index in [0.29, 0.717) is 50.6 Å². The van der Waals surface area contributed by atoms with E-state index in [1.54, 1.807) is 12.1 Å². The maximum atomic E-state index is 13.1. The molecule has 0 atom stereocenters. The van der Waals surface area contributed by atoms with Crippen molar-refractivity contribution >= 4 is 34.4 Å². The van der Waals surface area contributed by atoms with Crippen molar-refractivity contribution in [2.45, 2.75) is 39.5 Å². The van der Waals surface area contributed by atoms with E-state index in [1.165, 1.54) is 14.1 Å². The zero-order valence-corrected chi connectivity index (χ0v) is 16.9. The third-order valence-corrected chi connectivity index (χ3v) is 5.78. The van der Waals surface area contributed by atoms with Gasteiger partial charge in [-0.05, 0) is 35.1 Å². The lowest BCUT2D eigenvalue weighted by Crippen LogP contribution is -2.42. The molecule has 2 aromatic carbocycles. The van der Waals surface area contributed by atoms with Crippen LogP contribution in [0.25, 0.3) is 10.8 Å². The second-order valence-electron chi connectivity index (χ2n) is 8.50. The van der Waals surface area contributed by atoms with Crippen LogP contribution < -0.4 is 0 Å². The summed E-state index contributed by atoms with van der Waals surface area (Å²) in [5, 5.41) is 0.887. The zero-order valence-electron chi connectivity index (χ0n) is 16.9. The Morgan fingerprint density at radius 2 is 1.21 bits per heavy atom. The highest BCUT2D eigenvalue weighted by molar-refractivity contribution is 6.34. The number of hydrogen-bond acceptors (Lipinski definition) is 4. The van der Waals surface area contributed by atoms with Crippen molar-refractivity contribution in [3.63, 3.8) is 0 Å². The van der Waals surface area contributed by atoms with Gasteiger partial charge in [-0.1, -0.05) is 27.7 Å². The van der Waals surface area contributed by atoms with Crippen LogP contribution in [0, 0.1) is 0 Å². The molecule has 0 unspecified atom stereocenters. The van der Waals surface area contributed by atoms with Crippen LogP contribution in [0.1, 0.15) is 80.3 Å². The lowest BCUT2D eigenvalue weighted by Gasteiger charge is -2.34. The lowest BCUT2D eigenvalue weighted by atomic mass is 9.75. The smallest absolute Gasteiger partial charge is 0.261 e. The third-order valence-electron chi connectivity index (χ3n) is 5.78. The minimum Gasteiger partial charge on any atom is -0.277 e. The average Bonchev–Trinajstić information content (AvgIpc) is 2.65. The molecule has 0 saturated carbocycles. The molecule has 2 aliphatic heterocycles. The maximum absolute atomic E-state index is 13.1. The van der Waals surface area contributed by atoms with Gasteiger partial charge in [0.25, 0.3) is 23.6 Å². The molecule has 0 radical (unpaired) electrons. The summed E-state index contributed by atoms with van der Waals surface area (Å²) in [5.41, 5.74) is 2.57. The van der Waals surface area contributed by atoms with Gasteiger partial charge in [0, 0.05) is 36.0 Å². The molecule has 2 aliphatic rings. The van der Waals surface area contributed by atoms with Crippen LogP contribution in [-0.4, -0.2) is 47.5 Å². The fourth-order valence-electron chi connectivity index (χ4n) is 4.25. The Morgan fingerprint density at radius 3 is 1.71 bits per heavy atom. The van der Waals surface area contributed by atoms with E-state index in [2.05, 4.69) is 0 Å². The molecule has 0 fully saturated rings. The number of carbonyl (C=O) groups excluding carboxylic acids is 4. The fourth-order valence-corrected chi connectivity index (χ4v) is 4.25. The number of nitrogens with zero attached hydrogens (tertiary/aromatic N) is 2. The molecule has 0 aromatic heterocycles. The number of hydrogen-bond donors (Lipinski definition) is 0. The summed E-state index contributed by atoms with van der Waals surface area (Å²) in [4.78, 5) is 54.2. The largest absolute Gasteiger partial charge is 0.277 e. The van der Waals surface area contributed by atoms with Crippen molar-refractivity contribution < 1.29 is 19.2 Å². The standard InChI is InChI=1S/C22H22N2O4/c1-7-10-8-11-16-15-12(19(26)23(5)20(27)14(10)15)9-13(22(2,3)4)17(16)21(28)24(6)18(11)25/h8-9H,7H2,1-6H3. The molecular formula is C22H22N2O4. The third kappa shape index (κ3) is 2.08. The number of imide groups is 2. The predicted molar refractivity (Wildman–Crippen MR) is 105 cm³/mol. The van der Waals surface area contributed by atoms with Gasteiger partial charge in [-0.2, -0.15) is 0 Å². The Bertz CT molecular complexity index is 1140. The van der Waals surface area contributed by atoms with Crippen LogP contribution in [0.3, 0.4) is 0 Å². The number of carbonyl (C=O) groups is 4. The summed E-state index contributed by atoms with van der Waals surface area (Å²) < 4.78 is 0. The second-order valence-corrected chi connectivity index (χ2v) is 8.50. The van der Waals surface area contributed by atoms with E-state index < -0.39 is 29.0 Å². The average molecular weight is 378 g/mol. The molecule has 6 heteroatoms. The Kier molecular flexibility index (Phi) is 3.60. The van der Waals surface area contributed by atoms with Gasteiger partial charge in [0.15, 0.2) is 0 Å². The minimum atomic E-state index is -0.432. The molecule has 2 heterocycles. The van der Waals surface area contributed by atoms with Gasteiger partial charge in [0.2, 0.25) is 0 Å². The highest BCUT2D eigenvalue weighted by atomic mass is 16.2. The molecular weight excluding hydrogens is 356 g/mol. The van der Waals surface area contributed by atoms with Crippen molar-refractivity contribution in [2.24, 2.45) is 0 Å². The van der Waals surface area contributed by atoms with Crippen LogP contribution in [0.5, 0.6) is 0 Å². The highest BCUT2D eigenvalue weighted by Gasteiger charge is 2.41. The van der Waals surface area contributed by atoms with Gasteiger partial charge in [-0.3, -0.25) is 29.0 Å². The second kappa shape index (κ2) is 5.50. The van der Waals surface area contributed by atoms with Gasteiger partial charge in [0.05, 0.1) is 11.1 Å². The molecule has 144 valence electrons. The molecule has 28 heavy (non-hydrogen) atoms. The van der Waals surface area contributed by atoms with Gasteiger partial charge < -0.3 is 0 Å². The Morgan fingerprint density at radius 1 is 0.750 bits per heavy atom. The van der Waals surface area contributed by atoms with E-state index in [0.717, 1.165) is 9.80 Å². The summed E-state index contributed by atoms with van der Waals surface area (Å²) in [6.07, 6.45) is 0.535. The summed E-state index contributed by atoms with van der Waals surface area (Å²) in [7, 11) is 2.93. The van der Waals surface area contributed by atoms with Gasteiger partial charge in [-0.15, -0.1) is 0 Å². The molecule has 0 aliphatic carbocycles. The first-order valence-corrected chi connectivity index (χ1v) is 9.32. The van der Waals surface area contributed by atoms with E-state index in [9.17, 15) is 19.2 Å². The number of benzene rings is 2. The van der Waals surface area contributed by atoms with Crippen molar-refractivity contribution in [2.75, 3.05) is 14.1 Å². The Labute approximate surface area is 163 Å². The Hall–Kier alpha value is -3.02. The van der Waals surface area contributed by atoms with Gasteiger partial charge in [0.1, 0.15) is 0 Å². The van der Waals surface area contributed by atoms with Crippen molar-refractivity contribution in [1.82, 2.24) is 9.80 Å². The molecule has 0 saturated heterocycles. The molecule has 6 nitrogen and oxygen atoms in total. The van der Waals surface area contributed by atoms with Crippen LogP contribution >= 0.6 is 0 Å². The summed E-state index contributed by atoms with van der Waals surface area (Å²) >= 11 is 0. The van der Waals surface area contributed by atoms with E-state index in [4.69, 9.17) is 0 Å². The first-order chi connectivity index (χ1) is 13.0. The lowest BCUT2D eigenvalue weighted by molar-refractivity contribution is 0.0627. The first kappa shape index (κ1) is 18.3. The predicted octanol–water partition coefficient (Wildman–Crippen LogP) is 3.15. The van der Waals surface area contributed by atoms with Gasteiger partial charge >= 0.3 is 0 Å². The molecule has 0 N–H and O–H groups in total. The first-order valence-electron chi connectivity index (χ1n) is 9.32. The fraction of sp³-hybridized carbons (Fsp3) is 0.364. The topological polar surface area (TPSA) is 74.8 Å². The van der Waals surface area contributed by atoms with Crippen LogP contribution in [0.4, 0.5) is 0 Å². The zero-order chi connectivity index (χ0) is 20.7. The van der Waals surface area contributed by atoms with Crippen LogP contribution in [0.15, 0.2) is 12.1 Å². The highest BCUT2D eigenvalue weighted by Crippen LogP contribution is 2.43. The molecule has 4 amide bonds. The summed E-state index contributed by atoms with van der Waals surface area (Å²) in [6, 6.07) is 3.45. The minimum absolute atomic E-state index is 0.377. The normalized spacial score (nSPS) is 16.5. The SMILES string of the molecule is CCc1cc2c3c(c(C(C)(C)C)cc4c3c1C(=O)N(C)C4=O)C(=O)N(C)C2=O. The van der Waals surface area contributed by atoms with Crippen LogP contribution in [-0.2, 0) is 11.8 Å². The molecule has 4 rings (SSSR count). The number of aryl methyl sites for hydroxylation is 1. The van der Waals surface area contributed by atoms with Crippen molar-refractivity contribution in [3.8, 4) is 0 Å². The van der Waals surface area contributed by atoms with Crippen LogP contribution in [0.2, 0.25) is 0 Å². The molecule has 0 bridgehead atoms. The molecule has 0 spiro atoms. The summed E-state index contributed by atoms with van der Waals surface area (Å²) in [6.45, 7) is 7.79. The monoisotopic (exact) mass is 378 g/mol. The van der Waals surface area contributed by atoms with Crippen molar-refractivity contribution in [1.29, 1.82) is 0 Å². The Balaban J connectivity index is 2.35. The van der Waals surface area contributed by atoms with E-state index in [-0.39, 0.29) is 0 Å². The van der Waals surface area contributed by atoms with E-state index in [1.807, 2.05) is 27.7 Å². The van der Waals surface area contributed by atoms with Crippen molar-refractivity contribution in [3.05, 3.63) is 45.5 Å². The van der Waals surface area contributed by atoms with Gasteiger partial charge in [-0.25, -0.2) is 0 Å². The van der Waals surface area contributed by atoms with E-state index >= 15 is 0 Å². The molecule has 2 aromatic rings. The quantitative estimate of drug-likeness (QED) is 0.715.